The first-order chi connectivity index (χ1) is 12.6. The van der Waals surface area contributed by atoms with Gasteiger partial charge < -0.3 is 9.32 Å². The molecule has 136 valence electrons. The molecule has 3 aromatic rings. The largest absolute Gasteiger partial charge is 0.459 e. The van der Waals surface area contributed by atoms with Crippen molar-refractivity contribution in [2.45, 2.75) is 39.0 Å². The minimum Gasteiger partial charge on any atom is -0.459 e. The third kappa shape index (κ3) is 3.29. The van der Waals surface area contributed by atoms with Gasteiger partial charge in [-0.15, -0.1) is 11.3 Å². The quantitative estimate of drug-likeness (QED) is 0.759. The predicted molar refractivity (Wildman–Crippen MR) is 98.2 cm³/mol. The first-order valence-corrected chi connectivity index (χ1v) is 9.74. The van der Waals surface area contributed by atoms with E-state index in [1.54, 1.807) is 0 Å². The molecule has 1 amide bonds. The Hall–Kier alpha value is -2.48. The Kier molecular flexibility index (Phi) is 4.58. The summed E-state index contributed by atoms with van der Waals surface area (Å²) in [6.45, 7) is 5.35. The minimum absolute atomic E-state index is 0.0153. The topological polar surface area (TPSA) is 87.9 Å². The van der Waals surface area contributed by atoms with E-state index in [2.05, 4.69) is 27.1 Å². The van der Waals surface area contributed by atoms with E-state index in [4.69, 9.17) is 4.42 Å². The molecule has 4 heterocycles. The molecule has 1 fully saturated rings. The van der Waals surface area contributed by atoms with Gasteiger partial charge in [-0.1, -0.05) is 6.92 Å². The van der Waals surface area contributed by atoms with Crippen LogP contribution in [0, 0.1) is 6.92 Å². The van der Waals surface area contributed by atoms with Crippen LogP contribution >= 0.6 is 11.3 Å². The van der Waals surface area contributed by atoms with Gasteiger partial charge in [-0.2, -0.15) is 5.10 Å². The monoisotopic (exact) mass is 371 g/mol. The Morgan fingerprint density at radius 1 is 1.35 bits per heavy atom. The number of carbonyl (C=O) groups is 1. The Bertz CT molecular complexity index is 904. The fourth-order valence-electron chi connectivity index (χ4n) is 3.19. The zero-order chi connectivity index (χ0) is 18.1. The molecular formula is C18H21N5O2S. The molecule has 0 aromatic carbocycles. The van der Waals surface area contributed by atoms with Gasteiger partial charge in [0.15, 0.2) is 16.6 Å². The maximum Gasteiger partial charge on any atom is 0.273 e. The van der Waals surface area contributed by atoms with Gasteiger partial charge in [0.25, 0.3) is 5.91 Å². The van der Waals surface area contributed by atoms with Gasteiger partial charge in [0, 0.05) is 30.8 Å². The van der Waals surface area contributed by atoms with Crippen molar-refractivity contribution >= 4 is 17.2 Å². The number of aryl methyl sites for hydroxylation is 2. The van der Waals surface area contributed by atoms with E-state index in [1.807, 2.05) is 29.3 Å². The van der Waals surface area contributed by atoms with E-state index in [9.17, 15) is 4.79 Å². The first-order valence-electron chi connectivity index (χ1n) is 8.87. The predicted octanol–water partition coefficient (Wildman–Crippen LogP) is 3.41. The Morgan fingerprint density at radius 3 is 2.81 bits per heavy atom. The smallest absolute Gasteiger partial charge is 0.273 e. The molecule has 3 aromatic heterocycles. The second-order valence-corrected chi connectivity index (χ2v) is 7.37. The molecule has 1 N–H and O–H groups in total. The summed E-state index contributed by atoms with van der Waals surface area (Å²) in [6, 6.07) is 3.78. The average molecular weight is 371 g/mol. The number of H-pyrrole nitrogens is 1. The van der Waals surface area contributed by atoms with Crippen LogP contribution in [0.4, 0.5) is 0 Å². The van der Waals surface area contributed by atoms with Crippen LogP contribution in [0.2, 0.25) is 0 Å². The van der Waals surface area contributed by atoms with E-state index in [0.717, 1.165) is 41.7 Å². The summed E-state index contributed by atoms with van der Waals surface area (Å²) in [4.78, 5) is 23.6. The SMILES string of the molecule is CCc1nc(C2CCN(C(=O)c3csc(-c4ccc(C)o4)n3)CC2)n[nH]1. The number of nitrogens with one attached hydrogen (secondary N) is 1. The van der Waals surface area contributed by atoms with Gasteiger partial charge in [0.1, 0.15) is 17.3 Å². The lowest BCUT2D eigenvalue weighted by atomic mass is 9.96. The molecule has 0 unspecified atom stereocenters. The number of piperidine rings is 1. The Balaban J connectivity index is 1.40. The van der Waals surface area contributed by atoms with Crippen molar-refractivity contribution in [1.82, 2.24) is 25.1 Å². The number of nitrogens with zero attached hydrogens (tertiary/aromatic N) is 4. The molecule has 0 saturated carbocycles. The summed E-state index contributed by atoms with van der Waals surface area (Å²) in [5, 5.41) is 9.84. The molecule has 0 spiro atoms. The highest BCUT2D eigenvalue weighted by atomic mass is 32.1. The lowest BCUT2D eigenvalue weighted by Gasteiger charge is -2.30. The van der Waals surface area contributed by atoms with Crippen molar-refractivity contribution < 1.29 is 9.21 Å². The number of rotatable bonds is 4. The van der Waals surface area contributed by atoms with Crippen LogP contribution in [0.1, 0.15) is 53.6 Å². The number of amides is 1. The van der Waals surface area contributed by atoms with Gasteiger partial charge in [-0.3, -0.25) is 9.89 Å². The second kappa shape index (κ2) is 7.03. The summed E-state index contributed by atoms with van der Waals surface area (Å²) in [7, 11) is 0. The zero-order valence-electron chi connectivity index (χ0n) is 14.9. The average Bonchev–Trinajstić information content (AvgIpc) is 3.41. The van der Waals surface area contributed by atoms with Crippen LogP contribution < -0.4 is 0 Å². The highest BCUT2D eigenvalue weighted by molar-refractivity contribution is 7.13. The van der Waals surface area contributed by atoms with Gasteiger partial charge in [0.2, 0.25) is 0 Å². The second-order valence-electron chi connectivity index (χ2n) is 6.51. The van der Waals surface area contributed by atoms with Gasteiger partial charge in [-0.05, 0) is 31.9 Å². The van der Waals surface area contributed by atoms with Crippen LogP contribution in [-0.2, 0) is 6.42 Å². The number of thiazole rings is 1. The molecule has 0 radical (unpaired) electrons. The number of hydrogen-bond donors (Lipinski definition) is 1. The molecule has 4 rings (SSSR count). The number of likely N-dealkylation sites (tertiary alicyclic amines) is 1. The van der Waals surface area contributed by atoms with Crippen molar-refractivity contribution in [1.29, 1.82) is 0 Å². The number of aromatic nitrogens is 4. The van der Waals surface area contributed by atoms with E-state index < -0.39 is 0 Å². The van der Waals surface area contributed by atoms with Crippen molar-refractivity contribution in [2.75, 3.05) is 13.1 Å². The normalized spacial score (nSPS) is 15.5. The third-order valence-electron chi connectivity index (χ3n) is 4.71. The van der Waals surface area contributed by atoms with Crippen molar-refractivity contribution in [3.63, 3.8) is 0 Å². The highest BCUT2D eigenvalue weighted by Gasteiger charge is 2.28. The summed E-state index contributed by atoms with van der Waals surface area (Å²) in [5.41, 5.74) is 0.490. The van der Waals surface area contributed by atoms with Crippen LogP contribution in [0.3, 0.4) is 0 Å². The van der Waals surface area contributed by atoms with Gasteiger partial charge in [0.05, 0.1) is 0 Å². The molecule has 0 bridgehead atoms. The molecule has 1 aliphatic rings. The van der Waals surface area contributed by atoms with E-state index >= 15 is 0 Å². The van der Waals surface area contributed by atoms with Crippen molar-refractivity contribution in [3.05, 3.63) is 40.6 Å². The number of carbonyl (C=O) groups excluding carboxylic acids is 1. The van der Waals surface area contributed by atoms with Crippen molar-refractivity contribution in [3.8, 4) is 10.8 Å². The van der Waals surface area contributed by atoms with Crippen LogP contribution in [0.5, 0.6) is 0 Å². The number of furan rings is 1. The molecule has 1 saturated heterocycles. The molecule has 0 aliphatic carbocycles. The fourth-order valence-corrected chi connectivity index (χ4v) is 3.94. The Labute approximate surface area is 155 Å². The van der Waals surface area contributed by atoms with Crippen molar-refractivity contribution in [2.24, 2.45) is 0 Å². The van der Waals surface area contributed by atoms with Crippen LogP contribution in [0.15, 0.2) is 21.9 Å². The highest BCUT2D eigenvalue weighted by Crippen LogP contribution is 2.29. The van der Waals surface area contributed by atoms with Crippen LogP contribution in [0.25, 0.3) is 10.8 Å². The third-order valence-corrected chi connectivity index (χ3v) is 5.56. The Morgan fingerprint density at radius 2 is 2.15 bits per heavy atom. The maximum absolute atomic E-state index is 12.7. The number of aromatic amines is 1. The van der Waals surface area contributed by atoms with E-state index in [0.29, 0.717) is 30.5 Å². The lowest BCUT2D eigenvalue weighted by Crippen LogP contribution is -2.38. The van der Waals surface area contributed by atoms with Gasteiger partial charge in [-0.25, -0.2) is 9.97 Å². The molecule has 7 nitrogen and oxygen atoms in total. The van der Waals surface area contributed by atoms with Gasteiger partial charge >= 0.3 is 0 Å². The van der Waals surface area contributed by atoms with E-state index in [-0.39, 0.29) is 5.91 Å². The minimum atomic E-state index is -0.0153. The zero-order valence-corrected chi connectivity index (χ0v) is 15.7. The molecule has 0 atom stereocenters. The maximum atomic E-state index is 12.7. The summed E-state index contributed by atoms with van der Waals surface area (Å²) in [6.07, 6.45) is 2.61. The fraction of sp³-hybridized carbons (Fsp3) is 0.444. The molecule has 8 heteroatoms. The van der Waals surface area contributed by atoms with Crippen LogP contribution in [-0.4, -0.2) is 44.1 Å². The number of hydrogen-bond acceptors (Lipinski definition) is 6. The van der Waals surface area contributed by atoms with E-state index in [1.165, 1.54) is 11.3 Å². The molecule has 1 aliphatic heterocycles. The molecular weight excluding hydrogens is 350 g/mol. The molecule has 26 heavy (non-hydrogen) atoms. The summed E-state index contributed by atoms with van der Waals surface area (Å²) < 4.78 is 5.59. The summed E-state index contributed by atoms with van der Waals surface area (Å²) >= 11 is 1.43. The summed E-state index contributed by atoms with van der Waals surface area (Å²) in [5.74, 6) is 3.64. The standard InChI is InChI=1S/C18H21N5O2S/c1-3-15-20-16(22-21-15)12-6-8-23(9-7-12)18(24)13-10-26-17(19-13)14-5-4-11(2)25-14/h4-5,10,12H,3,6-9H2,1-2H3,(H,20,21,22). The first kappa shape index (κ1) is 17.0. The lowest BCUT2D eigenvalue weighted by molar-refractivity contribution is 0.0706.